The van der Waals surface area contributed by atoms with Gasteiger partial charge >= 0.3 is 0 Å². The van der Waals surface area contributed by atoms with Gasteiger partial charge in [0.1, 0.15) is 15.8 Å². The Balaban J connectivity index is 1.55. The molecule has 4 heterocycles. The minimum absolute atomic E-state index is 0.0808. The molecule has 2 unspecified atom stereocenters. The number of aliphatic imine (C=N–C) groups is 2. The third-order valence-corrected chi connectivity index (χ3v) is 8.94. The molecule has 3 N–H and O–H groups in total. The molecule has 1 aromatic heterocycles. The molecule has 160 valence electrons. The molecule has 8 nitrogen and oxygen atoms in total. The summed E-state index contributed by atoms with van der Waals surface area (Å²) >= 11 is 1.33. The van der Waals surface area contributed by atoms with Crippen LogP contribution in [0.5, 0.6) is 5.75 Å². The quantitative estimate of drug-likeness (QED) is 0.663. The zero-order valence-electron chi connectivity index (χ0n) is 16.3. The smallest absolute Gasteiger partial charge is 0.223 e. The van der Waals surface area contributed by atoms with Crippen LogP contribution in [-0.4, -0.2) is 68.1 Å². The number of guanidine groups is 1. The average molecular weight is 449 g/mol. The molecule has 2 aromatic rings. The number of rotatable bonds is 3. The number of benzene rings is 1. The van der Waals surface area contributed by atoms with Gasteiger partial charge in [-0.05, 0) is 41.6 Å². The van der Waals surface area contributed by atoms with Gasteiger partial charge in [0.2, 0.25) is 5.96 Å². The molecule has 0 radical (unpaired) electrons. The van der Waals surface area contributed by atoms with Gasteiger partial charge in [-0.2, -0.15) is 4.99 Å². The zero-order valence-corrected chi connectivity index (χ0v) is 17.9. The summed E-state index contributed by atoms with van der Waals surface area (Å²) in [6, 6.07) is 10.5. The van der Waals surface area contributed by atoms with Crippen LogP contribution in [0, 0.1) is 5.92 Å². The molecule has 5 rings (SSSR count). The molecule has 10 heteroatoms. The number of fused-ring (bicyclic) bond motifs is 1. The number of aromatic hydroxyl groups is 1. The topological polar surface area (TPSA) is 101 Å². The van der Waals surface area contributed by atoms with Crippen LogP contribution in [0.1, 0.15) is 18.0 Å². The Hall–Kier alpha value is -2.11. The lowest BCUT2D eigenvalue weighted by Gasteiger charge is -2.42. The summed E-state index contributed by atoms with van der Waals surface area (Å²) in [5.74, 6) is 1.36. The molecular weight excluding hydrogens is 424 g/mol. The van der Waals surface area contributed by atoms with Crippen molar-refractivity contribution in [3.05, 3.63) is 47.3 Å². The fourth-order valence-electron chi connectivity index (χ4n) is 4.19. The maximum absolute atomic E-state index is 11.1. The summed E-state index contributed by atoms with van der Waals surface area (Å²) in [5.41, 5.74) is 0.896. The van der Waals surface area contributed by atoms with Crippen molar-refractivity contribution >= 4 is 33.9 Å². The van der Waals surface area contributed by atoms with Crippen molar-refractivity contribution in [1.29, 1.82) is 0 Å². The van der Waals surface area contributed by atoms with Gasteiger partial charge in [-0.25, -0.2) is 4.99 Å². The third kappa shape index (κ3) is 3.48. The largest absolute Gasteiger partial charge is 0.508 e. The van der Waals surface area contributed by atoms with Crippen molar-refractivity contribution in [1.82, 2.24) is 9.21 Å². The van der Waals surface area contributed by atoms with Crippen LogP contribution in [0.3, 0.4) is 0 Å². The Bertz CT molecular complexity index is 973. The van der Waals surface area contributed by atoms with Gasteiger partial charge in [-0.3, -0.25) is 13.4 Å². The molecule has 0 spiro atoms. The van der Waals surface area contributed by atoms with E-state index in [0.29, 0.717) is 55.3 Å². The Morgan fingerprint density at radius 3 is 2.67 bits per heavy atom. The van der Waals surface area contributed by atoms with Gasteiger partial charge in [-0.15, -0.1) is 11.3 Å². The van der Waals surface area contributed by atoms with Crippen LogP contribution in [-0.2, 0) is 4.74 Å². The first-order valence-corrected chi connectivity index (χ1v) is 12.3. The first kappa shape index (κ1) is 19.8. The molecule has 0 bridgehead atoms. The second-order valence-electron chi connectivity index (χ2n) is 7.49. The molecule has 0 aliphatic carbocycles. The Kier molecular flexibility index (Phi) is 5.19. The molecule has 1 aromatic carbocycles. The fourth-order valence-corrected chi connectivity index (χ4v) is 6.86. The first-order valence-electron chi connectivity index (χ1n) is 9.91. The number of hydrogen-bond donors (Lipinski definition) is 3. The number of phenols is 1. The minimum atomic E-state index is -3.16. The summed E-state index contributed by atoms with van der Waals surface area (Å²) in [6.07, 6.45) is 0.709. The number of nitrogens with zero attached hydrogens (tertiary/aromatic N) is 4. The van der Waals surface area contributed by atoms with E-state index in [1.807, 2.05) is 23.6 Å². The normalized spacial score (nSPS) is 25.0. The molecule has 30 heavy (non-hydrogen) atoms. The lowest BCUT2D eigenvalue weighted by molar-refractivity contribution is 0.0671. The van der Waals surface area contributed by atoms with E-state index in [1.54, 1.807) is 22.5 Å². The van der Waals surface area contributed by atoms with Crippen molar-refractivity contribution < 1.29 is 18.9 Å². The van der Waals surface area contributed by atoms with Gasteiger partial charge in [0.15, 0.2) is 0 Å². The monoisotopic (exact) mass is 448 g/mol. The second kappa shape index (κ2) is 7.86. The molecule has 0 amide bonds. The van der Waals surface area contributed by atoms with Crippen LogP contribution >= 0.6 is 22.1 Å². The van der Waals surface area contributed by atoms with Gasteiger partial charge in [-0.1, -0.05) is 22.9 Å². The van der Waals surface area contributed by atoms with Gasteiger partial charge in [0.25, 0.3) is 0 Å². The highest BCUT2D eigenvalue weighted by molar-refractivity contribution is 8.24. The van der Waals surface area contributed by atoms with Crippen molar-refractivity contribution in [2.75, 3.05) is 32.8 Å². The van der Waals surface area contributed by atoms with Crippen LogP contribution in [0.2, 0.25) is 0 Å². The van der Waals surface area contributed by atoms with E-state index in [0.717, 1.165) is 5.56 Å². The zero-order chi connectivity index (χ0) is 20.7. The highest BCUT2D eigenvalue weighted by Gasteiger charge is 2.45. The SMILES string of the molecule is Oc1cccc(C2N=C(N3CCOCC3)N=C3C2CCN3S(O)(O)c2cccs2)c1. The fraction of sp³-hybridized carbons (Fsp3) is 0.400. The summed E-state index contributed by atoms with van der Waals surface area (Å²) in [6.45, 7) is 3.09. The summed E-state index contributed by atoms with van der Waals surface area (Å²) in [4.78, 5) is 11.9. The summed E-state index contributed by atoms with van der Waals surface area (Å²) in [7, 11) is -3.16. The predicted molar refractivity (Wildman–Crippen MR) is 118 cm³/mol. The molecular formula is C20H24N4O4S2. The molecule has 2 fully saturated rings. The van der Waals surface area contributed by atoms with Gasteiger partial charge < -0.3 is 14.7 Å². The standard InChI is InChI=1S/C20H24N4O4S2/c25-15-4-1-3-14(13-15)18-16-6-7-24(30(26,27)17-5-2-12-29-17)19(16)22-20(21-18)23-8-10-28-11-9-23/h1-5,12-13,16,18,25-27H,6-11H2. The number of amidine groups is 1. The lowest BCUT2D eigenvalue weighted by atomic mass is 9.91. The molecule has 2 saturated heterocycles. The van der Waals surface area contributed by atoms with E-state index in [9.17, 15) is 14.2 Å². The van der Waals surface area contributed by atoms with E-state index in [-0.39, 0.29) is 17.7 Å². The van der Waals surface area contributed by atoms with Crippen LogP contribution in [0.25, 0.3) is 0 Å². The van der Waals surface area contributed by atoms with Gasteiger partial charge in [0, 0.05) is 25.6 Å². The van der Waals surface area contributed by atoms with Crippen LogP contribution in [0.15, 0.2) is 56.0 Å². The number of morpholine rings is 1. The van der Waals surface area contributed by atoms with Crippen LogP contribution < -0.4 is 0 Å². The van der Waals surface area contributed by atoms with Crippen molar-refractivity contribution in [2.24, 2.45) is 15.9 Å². The third-order valence-electron chi connectivity index (χ3n) is 5.66. The molecule has 3 aliphatic heterocycles. The average Bonchev–Trinajstić information content (AvgIpc) is 3.44. The highest BCUT2D eigenvalue weighted by atomic mass is 32.3. The van der Waals surface area contributed by atoms with E-state index < -0.39 is 10.8 Å². The van der Waals surface area contributed by atoms with Crippen LogP contribution in [0.4, 0.5) is 0 Å². The van der Waals surface area contributed by atoms with Crippen molar-refractivity contribution in [3.8, 4) is 5.75 Å². The van der Waals surface area contributed by atoms with E-state index >= 15 is 0 Å². The highest BCUT2D eigenvalue weighted by Crippen LogP contribution is 2.57. The summed E-state index contributed by atoms with van der Waals surface area (Å²) in [5, 5.41) is 11.9. The molecule has 3 aliphatic rings. The van der Waals surface area contributed by atoms with Crippen molar-refractivity contribution in [2.45, 2.75) is 16.7 Å². The minimum Gasteiger partial charge on any atom is -0.508 e. The van der Waals surface area contributed by atoms with E-state index in [2.05, 4.69) is 4.90 Å². The van der Waals surface area contributed by atoms with E-state index in [1.165, 1.54) is 11.3 Å². The Morgan fingerprint density at radius 1 is 1.10 bits per heavy atom. The number of hydrogen-bond acceptors (Lipinski definition) is 9. The lowest BCUT2D eigenvalue weighted by Crippen LogP contribution is -2.44. The summed E-state index contributed by atoms with van der Waals surface area (Å²) < 4.78 is 29.8. The van der Waals surface area contributed by atoms with E-state index in [4.69, 9.17) is 14.7 Å². The Morgan fingerprint density at radius 2 is 1.93 bits per heavy atom. The van der Waals surface area contributed by atoms with Crippen molar-refractivity contribution in [3.63, 3.8) is 0 Å². The Labute approximate surface area is 180 Å². The number of phenolic OH excluding ortho intramolecular Hbond substituents is 1. The number of ether oxygens (including phenoxy) is 1. The maximum Gasteiger partial charge on any atom is 0.223 e. The molecule has 2 atom stereocenters. The second-order valence-corrected chi connectivity index (χ2v) is 10.6. The number of thiophene rings is 1. The van der Waals surface area contributed by atoms with Gasteiger partial charge in [0.05, 0.1) is 19.3 Å². The maximum atomic E-state index is 11.1. The predicted octanol–water partition coefficient (Wildman–Crippen LogP) is 3.64. The molecule has 0 saturated carbocycles. The first-order chi connectivity index (χ1) is 14.5.